The van der Waals surface area contributed by atoms with Gasteiger partial charge in [0.05, 0.1) is 15.8 Å². The van der Waals surface area contributed by atoms with Crippen molar-refractivity contribution >= 4 is 26.3 Å². The van der Waals surface area contributed by atoms with Gasteiger partial charge in [0.2, 0.25) is 0 Å². The molecule has 0 bridgehead atoms. The quantitative estimate of drug-likeness (QED) is 0.546. The fourth-order valence-electron chi connectivity index (χ4n) is 3.62. The van der Waals surface area contributed by atoms with Gasteiger partial charge in [-0.2, -0.15) is 0 Å². The first-order valence-corrected chi connectivity index (χ1v) is 12.0. The van der Waals surface area contributed by atoms with Crippen molar-refractivity contribution in [2.24, 2.45) is 0 Å². The Labute approximate surface area is 175 Å². The summed E-state index contributed by atoms with van der Waals surface area (Å²) in [5, 5.41) is 2.54. The Balaban J connectivity index is 1.45. The van der Waals surface area contributed by atoms with Crippen molar-refractivity contribution in [3.8, 4) is 11.3 Å². The van der Waals surface area contributed by atoms with Crippen molar-refractivity contribution in [3.05, 3.63) is 64.8 Å². The lowest BCUT2D eigenvalue weighted by Gasteiger charge is -2.31. The van der Waals surface area contributed by atoms with Gasteiger partial charge in [-0.3, -0.25) is 0 Å². The Morgan fingerprint density at radius 2 is 1.72 bits per heavy atom. The van der Waals surface area contributed by atoms with Gasteiger partial charge < -0.3 is 4.90 Å². The van der Waals surface area contributed by atoms with Gasteiger partial charge >= 0.3 is 0 Å². The number of aromatic nitrogens is 1. The van der Waals surface area contributed by atoms with E-state index in [2.05, 4.69) is 42.3 Å². The molecule has 2 heterocycles. The number of rotatable bonds is 4. The molecule has 1 aliphatic heterocycles. The molecule has 7 heteroatoms. The third-order valence-electron chi connectivity index (χ3n) is 5.59. The van der Waals surface area contributed by atoms with E-state index in [4.69, 9.17) is 4.98 Å². The minimum atomic E-state index is -3.44. The predicted molar refractivity (Wildman–Crippen MR) is 116 cm³/mol. The van der Waals surface area contributed by atoms with Crippen LogP contribution in [0.3, 0.4) is 0 Å². The third kappa shape index (κ3) is 4.07. The van der Waals surface area contributed by atoms with Crippen molar-refractivity contribution in [2.45, 2.75) is 36.8 Å². The van der Waals surface area contributed by atoms with Crippen molar-refractivity contribution in [1.29, 1.82) is 0 Å². The smallest absolute Gasteiger partial charge is 0.185 e. The van der Waals surface area contributed by atoms with Gasteiger partial charge in [0.1, 0.15) is 5.82 Å². The molecule has 0 amide bonds. The van der Waals surface area contributed by atoms with Gasteiger partial charge in [-0.25, -0.2) is 17.8 Å². The second kappa shape index (κ2) is 7.88. The molecule has 0 N–H and O–H groups in total. The molecule has 1 aliphatic rings. The molecule has 0 unspecified atom stereocenters. The highest BCUT2D eigenvalue weighted by Gasteiger charge is 2.32. The van der Waals surface area contributed by atoms with E-state index < -0.39 is 20.9 Å². The van der Waals surface area contributed by atoms with Crippen LogP contribution in [0.25, 0.3) is 11.3 Å². The van der Waals surface area contributed by atoms with Crippen LogP contribution in [0.4, 0.5) is 9.52 Å². The highest BCUT2D eigenvalue weighted by Crippen LogP contribution is 2.32. The second-order valence-electron chi connectivity index (χ2n) is 7.50. The van der Waals surface area contributed by atoms with Crippen LogP contribution >= 0.6 is 11.3 Å². The molecule has 4 nitrogen and oxygen atoms in total. The molecule has 0 spiro atoms. The summed E-state index contributed by atoms with van der Waals surface area (Å²) in [5.41, 5.74) is 4.55. The van der Waals surface area contributed by atoms with Crippen LogP contribution in [0.15, 0.2) is 52.7 Å². The van der Waals surface area contributed by atoms with Crippen LogP contribution in [0.2, 0.25) is 0 Å². The van der Waals surface area contributed by atoms with E-state index in [-0.39, 0.29) is 4.90 Å². The molecule has 1 fully saturated rings. The molecule has 0 saturated carbocycles. The van der Waals surface area contributed by atoms with E-state index in [1.54, 1.807) is 11.3 Å². The monoisotopic (exact) mass is 430 g/mol. The SMILES string of the molecule is Cc1ccc(-c2csc(N3CCC(S(=O)(=O)c4ccc(F)cc4)CC3)n2)cc1C. The number of thiazole rings is 1. The Bertz CT molecular complexity index is 1120. The van der Waals surface area contributed by atoms with Crippen LogP contribution in [0.1, 0.15) is 24.0 Å². The van der Waals surface area contributed by atoms with Crippen LogP contribution < -0.4 is 4.90 Å². The number of aryl methyl sites for hydroxylation is 2. The topological polar surface area (TPSA) is 50.3 Å². The maximum absolute atomic E-state index is 13.1. The first-order chi connectivity index (χ1) is 13.8. The van der Waals surface area contributed by atoms with E-state index in [0.29, 0.717) is 25.9 Å². The molecule has 29 heavy (non-hydrogen) atoms. The van der Waals surface area contributed by atoms with E-state index >= 15 is 0 Å². The number of hydrogen-bond donors (Lipinski definition) is 0. The zero-order chi connectivity index (χ0) is 20.6. The fourth-order valence-corrected chi connectivity index (χ4v) is 6.24. The molecule has 0 aliphatic carbocycles. The van der Waals surface area contributed by atoms with E-state index in [1.165, 1.54) is 35.4 Å². The zero-order valence-electron chi connectivity index (χ0n) is 16.4. The van der Waals surface area contributed by atoms with Gasteiger partial charge in [-0.1, -0.05) is 12.1 Å². The first kappa shape index (κ1) is 20.0. The van der Waals surface area contributed by atoms with Crippen molar-refractivity contribution in [1.82, 2.24) is 4.98 Å². The summed E-state index contributed by atoms with van der Waals surface area (Å²) in [4.78, 5) is 7.14. The molecule has 2 aromatic carbocycles. The highest BCUT2D eigenvalue weighted by molar-refractivity contribution is 7.92. The normalized spacial score (nSPS) is 15.6. The van der Waals surface area contributed by atoms with Gasteiger partial charge in [0.15, 0.2) is 15.0 Å². The van der Waals surface area contributed by atoms with Crippen LogP contribution in [0.5, 0.6) is 0 Å². The molecule has 4 rings (SSSR count). The maximum Gasteiger partial charge on any atom is 0.185 e. The van der Waals surface area contributed by atoms with Crippen molar-refractivity contribution in [3.63, 3.8) is 0 Å². The molecular formula is C22H23FN2O2S2. The molecule has 1 aromatic heterocycles. The Kier molecular flexibility index (Phi) is 5.44. The summed E-state index contributed by atoms with van der Waals surface area (Å²) in [6.45, 7) is 5.48. The summed E-state index contributed by atoms with van der Waals surface area (Å²) in [6, 6.07) is 11.5. The molecule has 152 valence electrons. The number of sulfone groups is 1. The van der Waals surface area contributed by atoms with Crippen LogP contribution in [0, 0.1) is 19.7 Å². The summed E-state index contributed by atoms with van der Waals surface area (Å²) in [5.74, 6) is -0.429. The average Bonchev–Trinajstić information content (AvgIpc) is 3.21. The standard InChI is InChI=1S/C22H23FN2O2S2/c1-15-3-4-17(13-16(15)2)21-14-28-22(24-21)25-11-9-20(10-12-25)29(26,27)19-7-5-18(23)6-8-19/h3-8,13-14,20H,9-12H2,1-2H3. The van der Waals surface area contributed by atoms with Crippen molar-refractivity contribution in [2.75, 3.05) is 18.0 Å². The number of halogens is 1. The summed E-state index contributed by atoms with van der Waals surface area (Å²) in [7, 11) is -3.44. The molecule has 1 saturated heterocycles. The Morgan fingerprint density at radius 3 is 2.38 bits per heavy atom. The molecular weight excluding hydrogens is 407 g/mol. The minimum absolute atomic E-state index is 0.198. The van der Waals surface area contributed by atoms with E-state index in [0.717, 1.165) is 16.4 Å². The Morgan fingerprint density at radius 1 is 1.03 bits per heavy atom. The summed E-state index contributed by atoms with van der Waals surface area (Å²) < 4.78 is 38.8. The third-order valence-corrected chi connectivity index (χ3v) is 8.77. The van der Waals surface area contributed by atoms with Crippen molar-refractivity contribution < 1.29 is 12.8 Å². The second-order valence-corrected chi connectivity index (χ2v) is 10.6. The number of hydrogen-bond acceptors (Lipinski definition) is 5. The number of nitrogens with zero attached hydrogens (tertiary/aromatic N) is 2. The molecule has 0 radical (unpaired) electrons. The van der Waals surface area contributed by atoms with Gasteiger partial charge in [-0.15, -0.1) is 11.3 Å². The van der Waals surface area contributed by atoms with E-state index in [1.807, 2.05) is 0 Å². The Hall–Kier alpha value is -2.25. The lowest BCUT2D eigenvalue weighted by atomic mass is 10.1. The highest BCUT2D eigenvalue weighted by atomic mass is 32.2. The number of anilines is 1. The lowest BCUT2D eigenvalue weighted by molar-refractivity contribution is 0.529. The predicted octanol–water partition coefficient (Wildman–Crippen LogP) is 5.01. The number of piperidine rings is 1. The largest absolute Gasteiger partial charge is 0.348 e. The number of benzene rings is 2. The van der Waals surface area contributed by atoms with Crippen LogP contribution in [-0.2, 0) is 9.84 Å². The zero-order valence-corrected chi connectivity index (χ0v) is 18.1. The lowest BCUT2D eigenvalue weighted by Crippen LogP contribution is -2.39. The summed E-state index contributed by atoms with van der Waals surface area (Å²) in [6.07, 6.45) is 1.08. The van der Waals surface area contributed by atoms with Crippen LogP contribution in [-0.4, -0.2) is 31.7 Å². The van der Waals surface area contributed by atoms with Gasteiger partial charge in [0, 0.05) is 24.0 Å². The first-order valence-electron chi connectivity index (χ1n) is 9.62. The fraction of sp³-hybridized carbons (Fsp3) is 0.318. The van der Waals surface area contributed by atoms with Gasteiger partial charge in [0.25, 0.3) is 0 Å². The van der Waals surface area contributed by atoms with Gasteiger partial charge in [-0.05, 0) is 68.1 Å². The maximum atomic E-state index is 13.1. The molecule has 0 atom stereocenters. The summed E-state index contributed by atoms with van der Waals surface area (Å²) >= 11 is 1.59. The van der Waals surface area contributed by atoms with E-state index in [9.17, 15) is 12.8 Å². The average molecular weight is 431 g/mol. The molecule has 3 aromatic rings. The minimum Gasteiger partial charge on any atom is -0.348 e.